The number of carbonyl (C=O) groups excluding carboxylic acids is 4. The Morgan fingerprint density at radius 3 is 2.35 bits per heavy atom. The molecule has 2 N–H and O–H groups in total. The van der Waals surface area contributed by atoms with Crippen molar-refractivity contribution in [2.24, 2.45) is 11.8 Å². The lowest BCUT2D eigenvalue weighted by Gasteiger charge is -2.39. The van der Waals surface area contributed by atoms with E-state index in [1.807, 2.05) is 61.5 Å². The molecular weight excluding hydrogens is 728 g/mol. The molecule has 0 aromatic heterocycles. The van der Waals surface area contributed by atoms with Crippen LogP contribution in [0.3, 0.4) is 0 Å². The predicted molar refractivity (Wildman–Crippen MR) is 204 cm³/mol. The molecule has 3 aliphatic heterocycles. The van der Waals surface area contributed by atoms with Crippen molar-refractivity contribution in [3.05, 3.63) is 85.5 Å². The molecule has 2 bridgehead atoms. The zero-order valence-corrected chi connectivity index (χ0v) is 31.9. The molecule has 11 nitrogen and oxygen atoms in total. The molecule has 5 rings (SSSR count). The molecule has 3 heterocycles. The van der Waals surface area contributed by atoms with Crippen LogP contribution < -0.4 is 15.1 Å². The minimum absolute atomic E-state index is 0.106. The molecule has 52 heavy (non-hydrogen) atoms. The van der Waals surface area contributed by atoms with E-state index in [-0.39, 0.29) is 36.9 Å². The molecule has 0 saturated carbocycles. The number of hydrogen-bond donors (Lipinski definition) is 2. The monoisotopic (exact) mass is 778 g/mol. The van der Waals surface area contributed by atoms with Crippen LogP contribution in [0, 0.1) is 11.8 Å². The lowest BCUT2D eigenvalue weighted by Crippen LogP contribution is -2.59. The van der Waals surface area contributed by atoms with Gasteiger partial charge in [-0.1, -0.05) is 65.3 Å². The van der Waals surface area contributed by atoms with Crippen LogP contribution >= 0.6 is 15.9 Å². The van der Waals surface area contributed by atoms with E-state index in [9.17, 15) is 24.3 Å². The van der Waals surface area contributed by atoms with Crippen molar-refractivity contribution in [2.75, 3.05) is 42.6 Å². The van der Waals surface area contributed by atoms with Gasteiger partial charge in [0.25, 0.3) is 5.91 Å². The number of likely N-dealkylation sites (tertiary alicyclic amines) is 1. The lowest BCUT2D eigenvalue weighted by molar-refractivity contribution is -0.146. The number of allylic oxidation sites excluding steroid dienone is 1. The number of benzene rings is 2. The van der Waals surface area contributed by atoms with E-state index in [0.717, 1.165) is 24.3 Å². The number of rotatable bonds is 18. The molecule has 0 radical (unpaired) electrons. The molecule has 1 spiro atoms. The SMILES string of the molecule is C=CCCC(=O)OC[C@@H](NC(=O)[C@H]1[C@@H]2O[C@@]3(CC2Br)[C@@H]1C(=O)N([C@@H](CC)CO)[C@@H]3C(=O)N(CC=C)c1ccc(N(CC)CC)cc1)c1ccccc1. The number of nitrogens with zero attached hydrogens (tertiary/aromatic N) is 3. The van der Waals surface area contributed by atoms with Gasteiger partial charge in [0.1, 0.15) is 18.2 Å². The number of nitrogens with one attached hydrogen (secondary N) is 1. The molecule has 0 aliphatic carbocycles. The maximum atomic E-state index is 15.0. The highest BCUT2D eigenvalue weighted by atomic mass is 79.9. The molecule has 280 valence electrons. The van der Waals surface area contributed by atoms with Gasteiger partial charge in [-0.3, -0.25) is 19.2 Å². The summed E-state index contributed by atoms with van der Waals surface area (Å²) in [5.74, 6) is -3.56. The van der Waals surface area contributed by atoms with E-state index in [1.165, 1.54) is 4.90 Å². The van der Waals surface area contributed by atoms with Crippen molar-refractivity contribution in [1.29, 1.82) is 0 Å². The summed E-state index contributed by atoms with van der Waals surface area (Å²) in [7, 11) is 0. The van der Waals surface area contributed by atoms with Crippen LogP contribution in [0.25, 0.3) is 0 Å². The maximum absolute atomic E-state index is 15.0. The first kappa shape index (κ1) is 39.2. The molecule has 8 atom stereocenters. The van der Waals surface area contributed by atoms with Crippen LogP contribution in [0.2, 0.25) is 0 Å². The van der Waals surface area contributed by atoms with Crippen LogP contribution in [0.4, 0.5) is 11.4 Å². The highest BCUT2D eigenvalue weighted by Crippen LogP contribution is 2.60. The highest BCUT2D eigenvalue weighted by Gasteiger charge is 2.77. The first-order valence-corrected chi connectivity index (χ1v) is 19.2. The number of halogens is 1. The number of hydrogen-bond acceptors (Lipinski definition) is 8. The second-order valence-electron chi connectivity index (χ2n) is 13.6. The predicted octanol–water partition coefficient (Wildman–Crippen LogP) is 4.94. The Hall–Kier alpha value is -4.00. The maximum Gasteiger partial charge on any atom is 0.306 e. The standard InChI is InChI=1S/C40H51BrN4O7/c1-6-11-17-32(47)51-25-31(26-15-13-12-14-16-26)42-37(48)33-34-38(49)45(27(8-3)24-46)36(40(34)23-30(41)35(33)52-40)39(50)44(22-7-2)29-20-18-28(19-21-29)43(9-4)10-5/h6-7,12-16,18-21,27,30-31,33-36,46H,1-2,8-11,17,22-25H2,3-5H3,(H,42,48)/t27-,30?,31+,33+,34-,35+,36+,40-/m0/s1. The van der Waals surface area contributed by atoms with Crippen LogP contribution in [0.1, 0.15) is 58.1 Å². The Morgan fingerprint density at radius 1 is 1.08 bits per heavy atom. The largest absolute Gasteiger partial charge is 0.463 e. The van der Waals surface area contributed by atoms with Crippen molar-refractivity contribution < 1.29 is 33.8 Å². The number of alkyl halides is 1. The average molecular weight is 780 g/mol. The molecule has 1 unspecified atom stereocenters. The topological polar surface area (TPSA) is 129 Å². The number of fused-ring (bicyclic) bond motifs is 1. The number of aliphatic hydroxyl groups is 1. The van der Waals surface area contributed by atoms with E-state index in [4.69, 9.17) is 9.47 Å². The molecule has 12 heteroatoms. The van der Waals surface area contributed by atoms with E-state index in [0.29, 0.717) is 24.9 Å². The third-order valence-corrected chi connectivity index (χ3v) is 11.5. The van der Waals surface area contributed by atoms with Gasteiger partial charge in [-0.25, -0.2) is 0 Å². The summed E-state index contributed by atoms with van der Waals surface area (Å²) in [6.45, 7) is 15.0. The fourth-order valence-corrected chi connectivity index (χ4v) is 9.07. The zero-order chi connectivity index (χ0) is 37.6. The number of aliphatic hydroxyl groups excluding tert-OH is 1. The van der Waals surface area contributed by atoms with Gasteiger partial charge in [0.15, 0.2) is 0 Å². The van der Waals surface area contributed by atoms with E-state index >= 15 is 0 Å². The molecule has 3 aliphatic rings. The minimum atomic E-state index is -1.34. The summed E-state index contributed by atoms with van der Waals surface area (Å²) in [4.78, 5) is 61.5. The highest BCUT2D eigenvalue weighted by molar-refractivity contribution is 9.09. The fourth-order valence-electron chi connectivity index (χ4n) is 8.13. The molecule has 2 aromatic carbocycles. The molecule has 2 aromatic rings. The van der Waals surface area contributed by atoms with Gasteiger partial charge in [0, 0.05) is 42.3 Å². The van der Waals surface area contributed by atoms with Gasteiger partial charge in [-0.2, -0.15) is 0 Å². The summed E-state index contributed by atoms with van der Waals surface area (Å²) in [6, 6.07) is 14.4. The molecule has 3 saturated heterocycles. The number of esters is 1. The molecular formula is C40H51BrN4O7. The third-order valence-electron chi connectivity index (χ3n) is 10.7. The number of amides is 3. The third kappa shape index (κ3) is 7.43. The Morgan fingerprint density at radius 2 is 1.75 bits per heavy atom. The fraction of sp³-hybridized carbons (Fsp3) is 0.500. The Kier molecular flexibility index (Phi) is 13.0. The van der Waals surface area contributed by atoms with Crippen molar-refractivity contribution in [1.82, 2.24) is 10.2 Å². The average Bonchev–Trinajstić information content (AvgIpc) is 3.76. The van der Waals surface area contributed by atoms with Gasteiger partial charge in [-0.15, -0.1) is 13.2 Å². The summed E-state index contributed by atoms with van der Waals surface area (Å²) < 4.78 is 12.3. The Labute approximate surface area is 315 Å². The van der Waals surface area contributed by atoms with Gasteiger partial charge >= 0.3 is 5.97 Å². The van der Waals surface area contributed by atoms with E-state index in [1.54, 1.807) is 17.1 Å². The van der Waals surface area contributed by atoms with Crippen molar-refractivity contribution in [3.63, 3.8) is 0 Å². The first-order chi connectivity index (χ1) is 25.1. The van der Waals surface area contributed by atoms with Gasteiger partial charge in [0.2, 0.25) is 11.8 Å². The van der Waals surface area contributed by atoms with Gasteiger partial charge in [0.05, 0.1) is 36.6 Å². The minimum Gasteiger partial charge on any atom is -0.463 e. The number of carbonyl (C=O) groups is 4. The normalized spacial score (nSPS) is 25.6. The van der Waals surface area contributed by atoms with Crippen LogP contribution in [-0.2, 0) is 28.7 Å². The molecule has 3 amide bonds. The second-order valence-corrected chi connectivity index (χ2v) is 14.7. The van der Waals surface area contributed by atoms with Crippen LogP contribution in [0.5, 0.6) is 0 Å². The quantitative estimate of drug-likeness (QED) is 0.124. The smallest absolute Gasteiger partial charge is 0.306 e. The summed E-state index contributed by atoms with van der Waals surface area (Å²) in [5.41, 5.74) is 1.05. The van der Waals surface area contributed by atoms with E-state index < -0.39 is 59.5 Å². The summed E-state index contributed by atoms with van der Waals surface area (Å²) in [5, 5.41) is 13.6. The van der Waals surface area contributed by atoms with Crippen LogP contribution in [0.15, 0.2) is 79.9 Å². The Balaban J connectivity index is 1.50. The lowest BCUT2D eigenvalue weighted by atomic mass is 9.70. The van der Waals surface area contributed by atoms with Crippen molar-refractivity contribution >= 4 is 51.0 Å². The van der Waals surface area contributed by atoms with Crippen molar-refractivity contribution in [2.45, 2.75) is 81.1 Å². The Bertz CT molecular complexity index is 1600. The number of anilines is 2. The van der Waals surface area contributed by atoms with E-state index in [2.05, 4.69) is 53.2 Å². The molecule has 3 fully saturated rings. The van der Waals surface area contributed by atoms with Gasteiger partial charge in [-0.05, 0) is 62.9 Å². The number of ether oxygens (including phenoxy) is 2. The zero-order valence-electron chi connectivity index (χ0n) is 30.3. The van der Waals surface area contributed by atoms with Crippen molar-refractivity contribution in [3.8, 4) is 0 Å². The summed E-state index contributed by atoms with van der Waals surface area (Å²) in [6.07, 6.45) is 3.92. The van der Waals surface area contributed by atoms with Crippen LogP contribution in [-0.4, -0.2) is 95.2 Å². The second kappa shape index (κ2) is 17.2. The first-order valence-electron chi connectivity index (χ1n) is 18.2. The summed E-state index contributed by atoms with van der Waals surface area (Å²) >= 11 is 3.75. The van der Waals surface area contributed by atoms with Gasteiger partial charge < -0.3 is 34.6 Å².